The molecule has 1 aromatic carbocycles. The van der Waals surface area contributed by atoms with Crippen molar-refractivity contribution in [2.45, 2.75) is 19.9 Å². The van der Waals surface area contributed by atoms with Gasteiger partial charge in [-0.2, -0.15) is 0 Å². The molecule has 30 heavy (non-hydrogen) atoms. The van der Waals surface area contributed by atoms with Crippen LogP contribution in [0.3, 0.4) is 0 Å². The van der Waals surface area contributed by atoms with Crippen LogP contribution in [0.2, 0.25) is 0 Å². The first-order valence-electron chi connectivity index (χ1n) is 9.30. The predicted molar refractivity (Wildman–Crippen MR) is 105 cm³/mol. The maximum Gasteiger partial charge on any atom is 0.356 e. The number of ether oxygens (including phenoxy) is 1. The first kappa shape index (κ1) is 18.1. The number of rotatable bonds is 5. The molecule has 4 aromatic rings. The highest BCUT2D eigenvalue weighted by molar-refractivity contribution is 5.87. The Labute approximate surface area is 169 Å². The lowest BCUT2D eigenvalue weighted by Gasteiger charge is -2.13. The molecule has 1 aliphatic rings. The van der Waals surface area contributed by atoms with Crippen molar-refractivity contribution < 1.29 is 19.0 Å². The monoisotopic (exact) mass is 408 g/mol. The van der Waals surface area contributed by atoms with Gasteiger partial charge in [0.05, 0.1) is 24.8 Å². The number of benzene rings is 1. The van der Waals surface area contributed by atoms with Crippen molar-refractivity contribution in [3.63, 3.8) is 0 Å². The Balaban J connectivity index is 1.56. The molecule has 3 aromatic heterocycles. The number of hydrogen-bond donors (Lipinski definition) is 2. The minimum absolute atomic E-state index is 0.121. The van der Waals surface area contributed by atoms with Gasteiger partial charge in [0.2, 0.25) is 5.95 Å². The van der Waals surface area contributed by atoms with Crippen molar-refractivity contribution in [2.75, 3.05) is 11.9 Å². The van der Waals surface area contributed by atoms with Crippen LogP contribution in [-0.4, -0.2) is 41.6 Å². The molecular weight excluding hydrogens is 391 g/mol. The van der Waals surface area contributed by atoms with Gasteiger partial charge in [-0.3, -0.25) is 4.40 Å². The third-order valence-electron chi connectivity index (χ3n) is 5.05. The van der Waals surface area contributed by atoms with E-state index in [-0.39, 0.29) is 18.1 Å². The largest absolute Gasteiger partial charge is 0.493 e. The van der Waals surface area contributed by atoms with E-state index in [4.69, 9.17) is 4.74 Å². The summed E-state index contributed by atoms with van der Waals surface area (Å²) in [7, 11) is 0. The van der Waals surface area contributed by atoms with Gasteiger partial charge >= 0.3 is 5.97 Å². The molecule has 4 heterocycles. The number of fused-ring (bicyclic) bond motifs is 2. The second-order valence-electron chi connectivity index (χ2n) is 6.97. The average Bonchev–Trinajstić information content (AvgIpc) is 3.46. The number of hydrogen-bond acceptors (Lipinski definition) is 6. The van der Waals surface area contributed by atoms with Crippen LogP contribution in [0.5, 0.6) is 5.75 Å². The number of carboxylic acids is 1. The summed E-state index contributed by atoms with van der Waals surface area (Å²) in [5.74, 6) is -0.443. The first-order chi connectivity index (χ1) is 14.5. The molecule has 0 spiro atoms. The number of anilines is 1. The number of aromatic carboxylic acids is 1. The minimum Gasteiger partial charge on any atom is -0.493 e. The van der Waals surface area contributed by atoms with Gasteiger partial charge < -0.3 is 19.7 Å². The Morgan fingerprint density at radius 3 is 2.97 bits per heavy atom. The van der Waals surface area contributed by atoms with Crippen LogP contribution in [-0.2, 0) is 13.0 Å². The van der Waals surface area contributed by atoms with Gasteiger partial charge in [0.1, 0.15) is 17.3 Å². The Hall–Kier alpha value is -3.95. The van der Waals surface area contributed by atoms with E-state index in [1.165, 1.54) is 12.3 Å². The average molecular weight is 408 g/mol. The number of nitrogens with one attached hydrogen (secondary N) is 1. The maximum absolute atomic E-state index is 14.4. The highest BCUT2D eigenvalue weighted by Crippen LogP contribution is 2.30. The van der Waals surface area contributed by atoms with Crippen molar-refractivity contribution >= 4 is 17.6 Å². The first-order valence-corrected chi connectivity index (χ1v) is 9.30. The molecule has 0 fully saturated rings. The topological polar surface area (TPSA) is 107 Å². The van der Waals surface area contributed by atoms with Gasteiger partial charge in [0.15, 0.2) is 11.3 Å². The van der Waals surface area contributed by atoms with Crippen molar-refractivity contribution in [3.05, 3.63) is 65.4 Å². The molecule has 0 saturated carbocycles. The normalized spacial score (nSPS) is 12.7. The van der Waals surface area contributed by atoms with E-state index < -0.39 is 5.97 Å². The highest BCUT2D eigenvalue weighted by atomic mass is 19.1. The molecule has 0 radical (unpaired) electrons. The van der Waals surface area contributed by atoms with Crippen LogP contribution in [0.1, 0.15) is 27.3 Å². The van der Waals surface area contributed by atoms with E-state index in [0.29, 0.717) is 41.6 Å². The Morgan fingerprint density at radius 2 is 2.20 bits per heavy atom. The summed E-state index contributed by atoms with van der Waals surface area (Å²) >= 11 is 0. The molecule has 1 aliphatic heterocycles. The van der Waals surface area contributed by atoms with Crippen LogP contribution in [0.4, 0.5) is 10.3 Å². The van der Waals surface area contributed by atoms with Crippen LogP contribution in [0.25, 0.3) is 11.3 Å². The third kappa shape index (κ3) is 2.93. The number of aromatic nitrogens is 5. The fraction of sp³-hybridized carbons (Fsp3) is 0.200. The highest BCUT2D eigenvalue weighted by Gasteiger charge is 2.21. The number of carbonyl (C=O) groups is 1. The van der Waals surface area contributed by atoms with Gasteiger partial charge in [-0.1, -0.05) is 0 Å². The molecule has 9 nitrogen and oxygen atoms in total. The fourth-order valence-corrected chi connectivity index (χ4v) is 3.61. The van der Waals surface area contributed by atoms with Crippen molar-refractivity contribution in [2.24, 2.45) is 0 Å². The van der Waals surface area contributed by atoms with Crippen LogP contribution in [0, 0.1) is 12.7 Å². The Bertz CT molecular complexity index is 1300. The predicted octanol–water partition coefficient (Wildman–Crippen LogP) is 2.61. The Morgan fingerprint density at radius 1 is 1.33 bits per heavy atom. The lowest BCUT2D eigenvalue weighted by molar-refractivity contribution is 0.0691. The summed E-state index contributed by atoms with van der Waals surface area (Å²) in [6, 6.07) is 3.02. The molecule has 0 aliphatic carbocycles. The molecule has 152 valence electrons. The number of nitrogens with zero attached hydrogens (tertiary/aromatic N) is 5. The number of aryl methyl sites for hydroxylation is 1. The summed E-state index contributed by atoms with van der Waals surface area (Å²) in [5, 5.41) is 12.5. The SMILES string of the molecule is Cc1cn(-c2cnc(NCc3c(F)ccc4c3CCO4)n3cc(C(=O)O)nc23)cn1. The number of imidazole rings is 2. The van der Waals surface area contributed by atoms with Crippen molar-refractivity contribution in [1.29, 1.82) is 0 Å². The van der Waals surface area contributed by atoms with E-state index in [2.05, 4.69) is 20.3 Å². The van der Waals surface area contributed by atoms with Gasteiger partial charge in [0, 0.05) is 36.5 Å². The lowest BCUT2D eigenvalue weighted by Crippen LogP contribution is -2.10. The molecule has 0 atom stereocenters. The lowest BCUT2D eigenvalue weighted by atomic mass is 10.0. The zero-order valence-corrected chi connectivity index (χ0v) is 16.0. The van der Waals surface area contributed by atoms with E-state index >= 15 is 0 Å². The van der Waals surface area contributed by atoms with Gasteiger partial charge in [-0.05, 0) is 19.1 Å². The van der Waals surface area contributed by atoms with Crippen molar-refractivity contribution in [3.8, 4) is 11.4 Å². The van der Waals surface area contributed by atoms with Gasteiger partial charge in [0.25, 0.3) is 0 Å². The van der Waals surface area contributed by atoms with E-state index in [9.17, 15) is 14.3 Å². The number of carboxylic acid groups (broad SMARTS) is 1. The van der Waals surface area contributed by atoms with Gasteiger partial charge in [-0.15, -0.1) is 0 Å². The number of halogens is 1. The van der Waals surface area contributed by atoms with Gasteiger partial charge in [-0.25, -0.2) is 24.1 Å². The molecule has 0 unspecified atom stereocenters. The quantitative estimate of drug-likeness (QED) is 0.523. The summed E-state index contributed by atoms with van der Waals surface area (Å²) in [6.45, 7) is 2.54. The van der Waals surface area contributed by atoms with Crippen LogP contribution >= 0.6 is 0 Å². The maximum atomic E-state index is 14.4. The zero-order chi connectivity index (χ0) is 20.8. The third-order valence-corrected chi connectivity index (χ3v) is 5.05. The smallest absolute Gasteiger partial charge is 0.356 e. The standard InChI is InChI=1S/C20H17FN6O3/c1-11-8-26(10-24-11)16-7-23-20(27-9-15(19(28)29)25-18(16)27)22-6-13-12-4-5-30-17(12)3-2-14(13)21/h2-3,7-10H,4-6H2,1H3,(H,22,23)(H,28,29). The minimum atomic E-state index is -1.15. The molecule has 5 rings (SSSR count). The summed E-state index contributed by atoms with van der Waals surface area (Å²) in [4.78, 5) is 24.3. The zero-order valence-electron chi connectivity index (χ0n) is 16.0. The van der Waals surface area contributed by atoms with Crippen LogP contribution < -0.4 is 10.1 Å². The molecule has 0 amide bonds. The van der Waals surface area contributed by atoms with Crippen molar-refractivity contribution in [1.82, 2.24) is 23.9 Å². The molecule has 10 heteroatoms. The summed E-state index contributed by atoms with van der Waals surface area (Å²) < 4.78 is 23.2. The molecule has 2 N–H and O–H groups in total. The second kappa shape index (κ2) is 6.83. The van der Waals surface area contributed by atoms with E-state index in [0.717, 1.165) is 11.3 Å². The summed E-state index contributed by atoms with van der Waals surface area (Å²) in [5.41, 5.74) is 2.99. The Kier molecular flexibility index (Phi) is 4.12. The molecular formula is C20H17FN6O3. The van der Waals surface area contributed by atoms with Crippen LogP contribution in [0.15, 0.2) is 37.1 Å². The van der Waals surface area contributed by atoms with E-state index in [1.54, 1.807) is 33.8 Å². The fourth-order valence-electron chi connectivity index (χ4n) is 3.61. The van der Waals surface area contributed by atoms with E-state index in [1.807, 2.05) is 6.92 Å². The summed E-state index contributed by atoms with van der Waals surface area (Å²) in [6.07, 6.45) is 7.00. The second-order valence-corrected chi connectivity index (χ2v) is 6.97. The molecule has 0 bridgehead atoms. The molecule has 0 saturated heterocycles.